The predicted molar refractivity (Wildman–Crippen MR) is 92.4 cm³/mol. The molecule has 0 saturated heterocycles. The quantitative estimate of drug-likeness (QED) is 0.747. The van der Waals surface area contributed by atoms with Crippen LogP contribution in [-0.2, 0) is 6.42 Å². The standard InChI is InChI=1S/C18H22ClNS/c1-3-15(13-9-7-12(2)8-10-13)20-16-5-4-6-17-14(16)11-18(19)21-17/h7-11,15-16,20H,3-6H2,1-2H3. The Morgan fingerprint density at radius 1 is 1.33 bits per heavy atom. The van der Waals surface area contributed by atoms with Crippen molar-refractivity contribution in [3.05, 3.63) is 56.2 Å². The Kier molecular flexibility index (Phi) is 4.68. The maximum atomic E-state index is 6.21. The first-order valence-electron chi connectivity index (χ1n) is 7.78. The van der Waals surface area contributed by atoms with Crippen LogP contribution in [0.3, 0.4) is 0 Å². The number of nitrogens with one attached hydrogen (secondary N) is 1. The van der Waals surface area contributed by atoms with Crippen LogP contribution in [0.5, 0.6) is 0 Å². The second-order valence-corrected chi connectivity index (χ2v) is 7.68. The fourth-order valence-electron chi connectivity index (χ4n) is 3.19. The van der Waals surface area contributed by atoms with Crippen LogP contribution in [0.15, 0.2) is 30.3 Å². The van der Waals surface area contributed by atoms with Crippen molar-refractivity contribution >= 4 is 22.9 Å². The molecule has 0 aliphatic heterocycles. The first-order chi connectivity index (χ1) is 10.2. The molecule has 0 fully saturated rings. The zero-order valence-electron chi connectivity index (χ0n) is 12.7. The molecule has 21 heavy (non-hydrogen) atoms. The van der Waals surface area contributed by atoms with Crippen LogP contribution in [-0.4, -0.2) is 0 Å². The smallest absolute Gasteiger partial charge is 0.0934 e. The van der Waals surface area contributed by atoms with E-state index >= 15 is 0 Å². The molecule has 2 aromatic rings. The van der Waals surface area contributed by atoms with E-state index in [9.17, 15) is 0 Å². The number of rotatable bonds is 4. The molecule has 1 N–H and O–H groups in total. The van der Waals surface area contributed by atoms with E-state index in [0.29, 0.717) is 12.1 Å². The normalized spacial score (nSPS) is 19.3. The van der Waals surface area contributed by atoms with Gasteiger partial charge in [-0.3, -0.25) is 0 Å². The van der Waals surface area contributed by atoms with Crippen molar-refractivity contribution in [3.63, 3.8) is 0 Å². The molecule has 0 bridgehead atoms. The third-order valence-electron chi connectivity index (χ3n) is 4.37. The zero-order valence-corrected chi connectivity index (χ0v) is 14.2. The maximum absolute atomic E-state index is 6.21. The van der Waals surface area contributed by atoms with Gasteiger partial charge in [-0.15, -0.1) is 11.3 Å². The Morgan fingerprint density at radius 3 is 2.81 bits per heavy atom. The number of fused-ring (bicyclic) bond motifs is 1. The van der Waals surface area contributed by atoms with Crippen molar-refractivity contribution in [2.45, 2.75) is 51.6 Å². The zero-order chi connectivity index (χ0) is 14.8. The number of hydrogen-bond acceptors (Lipinski definition) is 2. The second kappa shape index (κ2) is 6.51. The minimum absolute atomic E-state index is 0.417. The summed E-state index contributed by atoms with van der Waals surface area (Å²) in [4.78, 5) is 1.47. The average molecular weight is 320 g/mol. The van der Waals surface area contributed by atoms with E-state index in [2.05, 4.69) is 49.5 Å². The van der Waals surface area contributed by atoms with Gasteiger partial charge in [0.25, 0.3) is 0 Å². The lowest BCUT2D eigenvalue weighted by molar-refractivity contribution is 0.395. The largest absolute Gasteiger partial charge is 0.303 e. The SMILES string of the molecule is CCC(NC1CCCc2sc(Cl)cc21)c1ccc(C)cc1. The van der Waals surface area contributed by atoms with E-state index in [1.165, 1.54) is 40.8 Å². The Balaban J connectivity index is 1.80. The molecule has 3 heteroatoms. The lowest BCUT2D eigenvalue weighted by Gasteiger charge is -2.29. The summed E-state index contributed by atoms with van der Waals surface area (Å²) >= 11 is 7.96. The molecule has 0 spiro atoms. The fraction of sp³-hybridized carbons (Fsp3) is 0.444. The van der Waals surface area contributed by atoms with Crippen molar-refractivity contribution in [2.75, 3.05) is 0 Å². The molecule has 1 nitrogen and oxygen atoms in total. The summed E-state index contributed by atoms with van der Waals surface area (Å²) < 4.78 is 0.928. The molecule has 1 aromatic carbocycles. The van der Waals surface area contributed by atoms with Crippen LogP contribution in [0, 0.1) is 6.92 Å². The molecular formula is C18H22ClNS. The first kappa shape index (κ1) is 15.1. The summed E-state index contributed by atoms with van der Waals surface area (Å²) in [5, 5.41) is 3.86. The Hall–Kier alpha value is -0.830. The predicted octanol–water partition coefficient (Wildman–Crippen LogP) is 5.83. The van der Waals surface area contributed by atoms with E-state index in [-0.39, 0.29) is 0 Å². The monoisotopic (exact) mass is 319 g/mol. The third kappa shape index (κ3) is 3.33. The third-order valence-corrected chi connectivity index (χ3v) is 5.71. The van der Waals surface area contributed by atoms with Crippen molar-refractivity contribution in [3.8, 4) is 0 Å². The van der Waals surface area contributed by atoms with E-state index < -0.39 is 0 Å². The Morgan fingerprint density at radius 2 is 2.10 bits per heavy atom. The molecule has 112 valence electrons. The lowest BCUT2D eigenvalue weighted by atomic mass is 9.92. The highest BCUT2D eigenvalue weighted by Crippen LogP contribution is 2.39. The van der Waals surface area contributed by atoms with Gasteiger partial charge in [0.05, 0.1) is 4.34 Å². The van der Waals surface area contributed by atoms with Gasteiger partial charge in [-0.25, -0.2) is 0 Å². The van der Waals surface area contributed by atoms with Crippen molar-refractivity contribution in [1.29, 1.82) is 0 Å². The summed E-state index contributed by atoms with van der Waals surface area (Å²) in [6, 6.07) is 11.9. The summed E-state index contributed by atoms with van der Waals surface area (Å²) in [5.41, 5.74) is 4.14. The van der Waals surface area contributed by atoms with E-state index in [1.807, 2.05) is 0 Å². The Labute approximate surface area is 136 Å². The first-order valence-corrected chi connectivity index (χ1v) is 8.97. The molecular weight excluding hydrogens is 298 g/mol. The van der Waals surface area contributed by atoms with Crippen LogP contribution in [0.2, 0.25) is 4.34 Å². The van der Waals surface area contributed by atoms with Crippen LogP contribution in [0.1, 0.15) is 59.8 Å². The Bertz CT molecular complexity index is 602. The highest BCUT2D eigenvalue weighted by Gasteiger charge is 2.24. The molecule has 0 radical (unpaired) electrons. The van der Waals surface area contributed by atoms with Crippen molar-refractivity contribution < 1.29 is 0 Å². The van der Waals surface area contributed by atoms with Gasteiger partial charge >= 0.3 is 0 Å². The molecule has 0 saturated carbocycles. The minimum atomic E-state index is 0.417. The van der Waals surface area contributed by atoms with Crippen molar-refractivity contribution in [2.24, 2.45) is 0 Å². The molecule has 2 unspecified atom stereocenters. The van der Waals surface area contributed by atoms with Gasteiger partial charge in [0, 0.05) is 17.0 Å². The molecule has 2 atom stereocenters. The molecule has 1 aliphatic carbocycles. The molecule has 1 aliphatic rings. The highest BCUT2D eigenvalue weighted by atomic mass is 35.5. The lowest BCUT2D eigenvalue weighted by Crippen LogP contribution is -2.28. The van der Waals surface area contributed by atoms with Crippen LogP contribution < -0.4 is 5.32 Å². The van der Waals surface area contributed by atoms with Gasteiger partial charge in [0.1, 0.15) is 0 Å². The number of thiophene rings is 1. The molecule has 3 rings (SSSR count). The number of aryl methyl sites for hydroxylation is 2. The maximum Gasteiger partial charge on any atom is 0.0934 e. The van der Waals surface area contributed by atoms with Crippen molar-refractivity contribution in [1.82, 2.24) is 5.32 Å². The highest BCUT2D eigenvalue weighted by molar-refractivity contribution is 7.16. The van der Waals surface area contributed by atoms with Gasteiger partial charge in [-0.05, 0) is 49.8 Å². The van der Waals surface area contributed by atoms with E-state index in [4.69, 9.17) is 11.6 Å². The summed E-state index contributed by atoms with van der Waals surface area (Å²) in [5.74, 6) is 0. The molecule has 1 aromatic heterocycles. The summed E-state index contributed by atoms with van der Waals surface area (Å²) in [6.07, 6.45) is 4.76. The molecule has 1 heterocycles. The number of halogens is 1. The van der Waals surface area contributed by atoms with E-state index in [1.54, 1.807) is 11.3 Å². The van der Waals surface area contributed by atoms with Gasteiger partial charge in [0.15, 0.2) is 0 Å². The van der Waals surface area contributed by atoms with Crippen LogP contribution in [0.4, 0.5) is 0 Å². The topological polar surface area (TPSA) is 12.0 Å². The van der Waals surface area contributed by atoms with Gasteiger partial charge in [-0.1, -0.05) is 48.4 Å². The summed E-state index contributed by atoms with van der Waals surface area (Å²) in [6.45, 7) is 4.39. The van der Waals surface area contributed by atoms with Gasteiger partial charge in [-0.2, -0.15) is 0 Å². The number of benzene rings is 1. The van der Waals surface area contributed by atoms with Crippen LogP contribution >= 0.6 is 22.9 Å². The van der Waals surface area contributed by atoms with Crippen LogP contribution in [0.25, 0.3) is 0 Å². The van der Waals surface area contributed by atoms with Gasteiger partial charge < -0.3 is 5.32 Å². The number of hydrogen-bond donors (Lipinski definition) is 1. The molecule has 0 amide bonds. The minimum Gasteiger partial charge on any atom is -0.303 e. The van der Waals surface area contributed by atoms with Gasteiger partial charge in [0.2, 0.25) is 0 Å². The fourth-order valence-corrected chi connectivity index (χ4v) is 4.57. The second-order valence-electron chi connectivity index (χ2n) is 5.91. The van der Waals surface area contributed by atoms with E-state index in [0.717, 1.165) is 10.8 Å². The average Bonchev–Trinajstić information content (AvgIpc) is 2.87. The summed E-state index contributed by atoms with van der Waals surface area (Å²) in [7, 11) is 0.